The number of hydrogen-bond donors (Lipinski definition) is 0. The first-order chi connectivity index (χ1) is 14.4. The van der Waals surface area contributed by atoms with E-state index in [9.17, 15) is 19.2 Å². The van der Waals surface area contributed by atoms with Crippen molar-refractivity contribution in [3.05, 3.63) is 65.2 Å². The minimum Gasteiger partial charge on any atom is -0.368 e. The third kappa shape index (κ3) is 3.36. The molecule has 7 heteroatoms. The number of imide groups is 1. The Balaban J connectivity index is 1.40. The minimum atomic E-state index is -0.848. The topological polar surface area (TPSA) is 78.0 Å². The monoisotopic (exact) mass is 405 g/mol. The van der Waals surface area contributed by atoms with E-state index in [0.717, 1.165) is 10.6 Å². The van der Waals surface area contributed by atoms with Crippen LogP contribution >= 0.6 is 0 Å². The molecule has 1 atom stereocenters. The van der Waals surface area contributed by atoms with E-state index in [2.05, 4.69) is 4.90 Å². The molecule has 2 aliphatic heterocycles. The van der Waals surface area contributed by atoms with Crippen LogP contribution in [0.25, 0.3) is 0 Å². The smallest absolute Gasteiger partial charge is 0.262 e. The van der Waals surface area contributed by atoms with E-state index in [1.807, 2.05) is 12.1 Å². The van der Waals surface area contributed by atoms with Gasteiger partial charge >= 0.3 is 0 Å². The Labute approximate surface area is 174 Å². The Bertz CT molecular complexity index is 988. The molecule has 4 rings (SSSR count). The first-order valence-electron chi connectivity index (χ1n) is 10.00. The predicted molar refractivity (Wildman–Crippen MR) is 112 cm³/mol. The van der Waals surface area contributed by atoms with Gasteiger partial charge in [0.2, 0.25) is 5.91 Å². The molecule has 30 heavy (non-hydrogen) atoms. The Morgan fingerprint density at radius 2 is 1.37 bits per heavy atom. The Morgan fingerprint density at radius 3 is 1.87 bits per heavy atom. The summed E-state index contributed by atoms with van der Waals surface area (Å²) in [5.41, 5.74) is 2.37. The van der Waals surface area contributed by atoms with Gasteiger partial charge < -0.3 is 9.80 Å². The summed E-state index contributed by atoms with van der Waals surface area (Å²) in [7, 11) is 0. The lowest BCUT2D eigenvalue weighted by Gasteiger charge is -2.38. The highest BCUT2D eigenvalue weighted by molar-refractivity contribution is 6.22. The summed E-state index contributed by atoms with van der Waals surface area (Å²) in [6.45, 7) is 5.42. The van der Waals surface area contributed by atoms with Gasteiger partial charge in [0.05, 0.1) is 11.1 Å². The second kappa shape index (κ2) is 7.74. The molecule has 3 amide bonds. The second-order valence-corrected chi connectivity index (χ2v) is 7.62. The van der Waals surface area contributed by atoms with Crippen LogP contribution < -0.4 is 4.90 Å². The molecule has 0 aliphatic carbocycles. The molecule has 0 aromatic heterocycles. The highest BCUT2D eigenvalue weighted by Crippen LogP contribution is 2.25. The zero-order valence-electron chi connectivity index (χ0n) is 17.0. The van der Waals surface area contributed by atoms with Crippen molar-refractivity contribution in [1.82, 2.24) is 9.80 Å². The minimum absolute atomic E-state index is 0.0270. The zero-order valence-corrected chi connectivity index (χ0v) is 17.0. The molecule has 0 bridgehead atoms. The van der Waals surface area contributed by atoms with Crippen molar-refractivity contribution in [2.75, 3.05) is 31.1 Å². The van der Waals surface area contributed by atoms with Gasteiger partial charge in [-0.15, -0.1) is 0 Å². The van der Waals surface area contributed by atoms with Gasteiger partial charge in [0.1, 0.15) is 6.04 Å². The molecular formula is C23H23N3O4. The number of carbonyl (C=O) groups excluding carboxylic acids is 4. The summed E-state index contributed by atoms with van der Waals surface area (Å²) in [6, 6.07) is 13.2. The average molecular weight is 405 g/mol. The van der Waals surface area contributed by atoms with E-state index in [0.29, 0.717) is 42.9 Å². The van der Waals surface area contributed by atoms with Crippen LogP contribution in [-0.2, 0) is 4.79 Å². The molecular weight excluding hydrogens is 382 g/mol. The van der Waals surface area contributed by atoms with Crippen molar-refractivity contribution in [3.8, 4) is 0 Å². The Hall–Kier alpha value is -3.48. The van der Waals surface area contributed by atoms with Crippen LogP contribution in [0.2, 0.25) is 0 Å². The predicted octanol–water partition coefficient (Wildman–Crippen LogP) is 2.22. The lowest BCUT2D eigenvalue weighted by atomic mass is 10.1. The SMILES string of the molecule is CC(=O)c1ccc(N2CCN(C(=O)[C@H](C)N3C(=O)c4ccccc4C3=O)CC2)cc1. The van der Waals surface area contributed by atoms with Gasteiger partial charge in [0, 0.05) is 37.4 Å². The first-order valence-corrected chi connectivity index (χ1v) is 10.00. The number of fused-ring (bicyclic) bond motifs is 1. The van der Waals surface area contributed by atoms with Gasteiger partial charge in [0.15, 0.2) is 5.78 Å². The lowest BCUT2D eigenvalue weighted by Crippen LogP contribution is -2.55. The quantitative estimate of drug-likeness (QED) is 0.576. The average Bonchev–Trinajstić information content (AvgIpc) is 3.03. The fourth-order valence-corrected chi connectivity index (χ4v) is 4.03. The number of rotatable bonds is 4. The van der Waals surface area contributed by atoms with Crippen molar-refractivity contribution >= 4 is 29.2 Å². The van der Waals surface area contributed by atoms with Crippen LogP contribution in [0, 0.1) is 0 Å². The maximum absolute atomic E-state index is 13.0. The maximum atomic E-state index is 13.0. The van der Waals surface area contributed by atoms with Crippen molar-refractivity contribution in [2.45, 2.75) is 19.9 Å². The number of anilines is 1. The van der Waals surface area contributed by atoms with Crippen LogP contribution in [-0.4, -0.2) is 65.5 Å². The highest BCUT2D eigenvalue weighted by atomic mass is 16.2. The summed E-state index contributed by atoms with van der Waals surface area (Å²) in [5.74, 6) is -1.03. The van der Waals surface area contributed by atoms with Crippen LogP contribution in [0.1, 0.15) is 44.9 Å². The Kier molecular flexibility index (Phi) is 5.11. The van der Waals surface area contributed by atoms with E-state index in [-0.39, 0.29) is 11.7 Å². The number of carbonyl (C=O) groups is 4. The summed E-state index contributed by atoms with van der Waals surface area (Å²) in [5, 5.41) is 0. The number of piperazine rings is 1. The first kappa shape index (κ1) is 19.8. The van der Waals surface area contributed by atoms with Crippen LogP contribution in [0.15, 0.2) is 48.5 Å². The molecule has 0 N–H and O–H groups in total. The van der Waals surface area contributed by atoms with Crippen molar-refractivity contribution in [2.24, 2.45) is 0 Å². The normalized spacial score (nSPS) is 17.2. The number of Topliss-reactive ketones (excluding diaryl/α,β-unsaturated/α-hetero) is 1. The molecule has 2 aromatic rings. The maximum Gasteiger partial charge on any atom is 0.262 e. The van der Waals surface area contributed by atoms with Crippen molar-refractivity contribution in [3.63, 3.8) is 0 Å². The molecule has 2 aliphatic rings. The third-order valence-corrected chi connectivity index (χ3v) is 5.80. The molecule has 2 heterocycles. The number of ketones is 1. The summed E-state index contributed by atoms with van der Waals surface area (Å²) >= 11 is 0. The molecule has 1 fully saturated rings. The molecule has 0 saturated carbocycles. The second-order valence-electron chi connectivity index (χ2n) is 7.62. The Morgan fingerprint density at radius 1 is 0.833 bits per heavy atom. The van der Waals surface area contributed by atoms with Crippen molar-refractivity contribution < 1.29 is 19.2 Å². The summed E-state index contributed by atoms with van der Waals surface area (Å²) in [4.78, 5) is 54.7. The zero-order chi connectivity index (χ0) is 21.4. The van der Waals surface area contributed by atoms with Crippen molar-refractivity contribution in [1.29, 1.82) is 0 Å². The number of benzene rings is 2. The lowest BCUT2D eigenvalue weighted by molar-refractivity contribution is -0.135. The summed E-state index contributed by atoms with van der Waals surface area (Å²) < 4.78 is 0. The molecule has 1 saturated heterocycles. The standard InChI is InChI=1S/C23H23N3O4/c1-15(26-22(29)19-5-3-4-6-20(19)23(26)30)21(28)25-13-11-24(12-14-25)18-9-7-17(8-10-18)16(2)27/h3-10,15H,11-14H2,1-2H3/t15-/m0/s1. The van der Waals surface area contributed by atoms with Gasteiger partial charge in [0.25, 0.3) is 11.8 Å². The molecule has 154 valence electrons. The van der Waals surface area contributed by atoms with Gasteiger partial charge in [-0.2, -0.15) is 0 Å². The fraction of sp³-hybridized carbons (Fsp3) is 0.304. The van der Waals surface area contributed by atoms with E-state index in [4.69, 9.17) is 0 Å². The van der Waals surface area contributed by atoms with Gasteiger partial charge in [-0.25, -0.2) is 0 Å². The van der Waals surface area contributed by atoms with E-state index in [1.54, 1.807) is 48.2 Å². The molecule has 7 nitrogen and oxygen atoms in total. The van der Waals surface area contributed by atoms with E-state index < -0.39 is 17.9 Å². The fourth-order valence-electron chi connectivity index (χ4n) is 4.03. The van der Waals surface area contributed by atoms with Gasteiger partial charge in [-0.05, 0) is 50.2 Å². The molecule has 0 unspecified atom stereocenters. The van der Waals surface area contributed by atoms with Crippen LogP contribution in [0.3, 0.4) is 0 Å². The molecule has 0 spiro atoms. The van der Waals surface area contributed by atoms with Gasteiger partial charge in [-0.3, -0.25) is 24.1 Å². The largest absolute Gasteiger partial charge is 0.368 e. The van der Waals surface area contributed by atoms with Gasteiger partial charge in [-0.1, -0.05) is 12.1 Å². The number of hydrogen-bond acceptors (Lipinski definition) is 5. The van der Waals surface area contributed by atoms with E-state index >= 15 is 0 Å². The molecule has 0 radical (unpaired) electrons. The van der Waals surface area contributed by atoms with E-state index in [1.165, 1.54) is 6.92 Å². The van der Waals surface area contributed by atoms with Crippen LogP contribution in [0.4, 0.5) is 5.69 Å². The highest BCUT2D eigenvalue weighted by Gasteiger charge is 2.42. The summed E-state index contributed by atoms with van der Waals surface area (Å²) in [6.07, 6.45) is 0. The number of nitrogens with zero attached hydrogens (tertiary/aromatic N) is 3. The van der Waals surface area contributed by atoms with Crippen LogP contribution in [0.5, 0.6) is 0 Å². The molecule has 2 aromatic carbocycles. The number of amides is 3. The third-order valence-electron chi connectivity index (χ3n) is 5.80.